The molecule has 1 aromatic heterocycles. The van der Waals surface area contributed by atoms with Crippen LogP contribution in [0.25, 0.3) is 11.3 Å². The molecule has 0 unspecified atom stereocenters. The maximum Gasteiger partial charge on any atom is 0.340 e. The van der Waals surface area contributed by atoms with Crippen LogP contribution >= 0.6 is 0 Å². The van der Waals surface area contributed by atoms with Gasteiger partial charge in [0.25, 0.3) is 5.91 Å². The van der Waals surface area contributed by atoms with E-state index in [9.17, 15) is 14.4 Å². The summed E-state index contributed by atoms with van der Waals surface area (Å²) in [6, 6.07) is 4.94. The Morgan fingerprint density at radius 2 is 1.68 bits per heavy atom. The maximum atomic E-state index is 12.3. The van der Waals surface area contributed by atoms with Crippen LogP contribution in [-0.2, 0) is 19.1 Å². The number of nitrogens with one attached hydrogen (secondary N) is 2. The Hall–Kier alpha value is -3.23. The van der Waals surface area contributed by atoms with E-state index in [-0.39, 0.29) is 18.8 Å². The molecule has 1 amide bonds. The number of esters is 2. The van der Waals surface area contributed by atoms with E-state index in [0.717, 1.165) is 5.56 Å². The summed E-state index contributed by atoms with van der Waals surface area (Å²) >= 11 is 0. The Labute approximate surface area is 143 Å². The lowest BCUT2D eigenvalue weighted by Crippen LogP contribution is -2.48. The van der Waals surface area contributed by atoms with Gasteiger partial charge in [-0.3, -0.25) is 4.79 Å². The molecule has 1 heterocycles. The van der Waals surface area contributed by atoms with Gasteiger partial charge >= 0.3 is 11.9 Å². The molecule has 2 rings (SSSR count). The van der Waals surface area contributed by atoms with Crippen LogP contribution in [0.1, 0.15) is 24.2 Å². The number of carbonyl (C=O) groups excluding carboxylic acids is 3. The zero-order valence-corrected chi connectivity index (χ0v) is 13.8. The van der Waals surface area contributed by atoms with Gasteiger partial charge in [0.05, 0.1) is 19.4 Å². The second kappa shape index (κ2) is 8.57. The first-order valence-electron chi connectivity index (χ1n) is 7.67. The predicted octanol–water partition coefficient (Wildman–Crippen LogP) is 0.696. The number of carbonyl (C=O) groups is 3. The number of hydrogen-bond acceptors (Lipinski definition) is 7. The fraction of sp³-hybridized carbons (Fsp3) is 0.312. The number of aromatic amines is 1. The van der Waals surface area contributed by atoms with Crippen LogP contribution in [0.3, 0.4) is 0 Å². The molecular weight excluding hydrogens is 328 g/mol. The van der Waals surface area contributed by atoms with E-state index in [1.54, 1.807) is 44.3 Å². The van der Waals surface area contributed by atoms with E-state index in [0.29, 0.717) is 5.69 Å². The van der Waals surface area contributed by atoms with E-state index >= 15 is 0 Å². The summed E-state index contributed by atoms with van der Waals surface area (Å²) in [7, 11) is 0. The number of amides is 1. The first-order chi connectivity index (χ1) is 12.1. The minimum Gasteiger partial charge on any atom is -0.464 e. The number of hydrogen-bond donors (Lipinski definition) is 2. The van der Waals surface area contributed by atoms with Gasteiger partial charge in [0.2, 0.25) is 6.04 Å². The van der Waals surface area contributed by atoms with Gasteiger partial charge in [-0.2, -0.15) is 15.4 Å². The van der Waals surface area contributed by atoms with Crippen molar-refractivity contribution in [3.8, 4) is 11.3 Å². The Bertz CT molecular complexity index is 709. The summed E-state index contributed by atoms with van der Waals surface area (Å²) in [4.78, 5) is 36.1. The molecule has 132 valence electrons. The van der Waals surface area contributed by atoms with Gasteiger partial charge in [0.1, 0.15) is 5.69 Å². The molecule has 0 saturated heterocycles. The molecule has 0 radical (unpaired) electrons. The lowest BCUT2D eigenvalue weighted by atomic mass is 10.1. The SMILES string of the molecule is CCOC(=O)C(NC(=O)c1ccc(-c2cn[nH]n2)cc1)C(=O)OCC. The summed E-state index contributed by atoms with van der Waals surface area (Å²) in [6.45, 7) is 3.36. The standard InChI is InChI=1S/C16H18N4O5/c1-3-24-15(22)13(16(23)25-4-2)18-14(21)11-7-5-10(6-8-11)12-9-17-20-19-12/h5-9,13H,3-4H2,1-2H3,(H,18,21)(H,17,19,20). The molecule has 0 atom stereocenters. The highest BCUT2D eigenvalue weighted by Crippen LogP contribution is 2.16. The van der Waals surface area contributed by atoms with Gasteiger partial charge < -0.3 is 14.8 Å². The summed E-state index contributed by atoms with van der Waals surface area (Å²) in [5.41, 5.74) is 1.66. The Balaban J connectivity index is 2.11. The summed E-state index contributed by atoms with van der Waals surface area (Å²) in [6.07, 6.45) is 1.55. The van der Waals surface area contributed by atoms with Crippen molar-refractivity contribution >= 4 is 17.8 Å². The van der Waals surface area contributed by atoms with Gasteiger partial charge in [0, 0.05) is 11.1 Å². The Morgan fingerprint density at radius 3 is 2.16 bits per heavy atom. The highest BCUT2D eigenvalue weighted by atomic mass is 16.6. The van der Waals surface area contributed by atoms with Crippen LogP contribution in [0.4, 0.5) is 0 Å². The number of H-pyrrole nitrogens is 1. The Morgan fingerprint density at radius 1 is 1.08 bits per heavy atom. The first kappa shape index (κ1) is 18.1. The van der Waals surface area contributed by atoms with Crippen LogP contribution in [-0.4, -0.2) is 52.5 Å². The largest absolute Gasteiger partial charge is 0.464 e. The van der Waals surface area contributed by atoms with Crippen LogP contribution in [0.2, 0.25) is 0 Å². The van der Waals surface area contributed by atoms with Crippen molar-refractivity contribution in [1.29, 1.82) is 0 Å². The van der Waals surface area contributed by atoms with Crippen molar-refractivity contribution in [3.63, 3.8) is 0 Å². The van der Waals surface area contributed by atoms with Crippen molar-refractivity contribution in [2.75, 3.05) is 13.2 Å². The summed E-state index contributed by atoms with van der Waals surface area (Å²) < 4.78 is 9.61. The molecule has 0 spiro atoms. The number of ether oxygens (including phenoxy) is 2. The smallest absolute Gasteiger partial charge is 0.340 e. The van der Waals surface area contributed by atoms with Crippen molar-refractivity contribution in [2.24, 2.45) is 0 Å². The van der Waals surface area contributed by atoms with Gasteiger partial charge in [-0.05, 0) is 26.0 Å². The third-order valence-corrected chi connectivity index (χ3v) is 3.18. The predicted molar refractivity (Wildman–Crippen MR) is 86.3 cm³/mol. The van der Waals surface area contributed by atoms with E-state index in [2.05, 4.69) is 20.7 Å². The zero-order chi connectivity index (χ0) is 18.2. The normalized spacial score (nSPS) is 10.4. The van der Waals surface area contributed by atoms with Gasteiger partial charge in [-0.1, -0.05) is 12.1 Å². The highest BCUT2D eigenvalue weighted by molar-refractivity contribution is 6.05. The van der Waals surface area contributed by atoms with Crippen molar-refractivity contribution in [2.45, 2.75) is 19.9 Å². The molecule has 0 bridgehead atoms. The third-order valence-electron chi connectivity index (χ3n) is 3.18. The lowest BCUT2D eigenvalue weighted by Gasteiger charge is -2.16. The molecule has 0 aliphatic carbocycles. The second-order valence-corrected chi connectivity index (χ2v) is 4.84. The highest BCUT2D eigenvalue weighted by Gasteiger charge is 2.31. The van der Waals surface area contributed by atoms with Crippen molar-refractivity contribution < 1.29 is 23.9 Å². The molecule has 2 N–H and O–H groups in total. The van der Waals surface area contributed by atoms with E-state index in [4.69, 9.17) is 9.47 Å². The van der Waals surface area contributed by atoms with Crippen LogP contribution in [0.5, 0.6) is 0 Å². The second-order valence-electron chi connectivity index (χ2n) is 4.84. The molecule has 0 aliphatic heterocycles. The molecule has 2 aromatic rings. The number of benzene rings is 1. The van der Waals surface area contributed by atoms with E-state index in [1.165, 1.54) is 0 Å². The molecular formula is C16H18N4O5. The summed E-state index contributed by atoms with van der Waals surface area (Å²) in [5.74, 6) is -2.33. The first-order valence-corrected chi connectivity index (χ1v) is 7.67. The van der Waals surface area contributed by atoms with E-state index < -0.39 is 23.9 Å². The van der Waals surface area contributed by atoms with Gasteiger partial charge in [0.15, 0.2) is 0 Å². The van der Waals surface area contributed by atoms with Gasteiger partial charge in [-0.25, -0.2) is 9.59 Å². The zero-order valence-electron chi connectivity index (χ0n) is 13.8. The number of aromatic nitrogens is 3. The lowest BCUT2D eigenvalue weighted by molar-refractivity contribution is -0.157. The van der Waals surface area contributed by atoms with Gasteiger partial charge in [-0.15, -0.1) is 0 Å². The van der Waals surface area contributed by atoms with Crippen LogP contribution < -0.4 is 5.32 Å². The molecule has 0 fully saturated rings. The third kappa shape index (κ3) is 4.63. The topological polar surface area (TPSA) is 123 Å². The molecule has 0 aliphatic rings. The fourth-order valence-electron chi connectivity index (χ4n) is 2.01. The Kier molecular flexibility index (Phi) is 6.21. The van der Waals surface area contributed by atoms with E-state index in [1.807, 2.05) is 0 Å². The minimum absolute atomic E-state index is 0.0804. The molecule has 25 heavy (non-hydrogen) atoms. The molecule has 0 saturated carbocycles. The fourth-order valence-corrected chi connectivity index (χ4v) is 2.01. The number of nitrogens with zero attached hydrogens (tertiary/aromatic N) is 2. The summed E-state index contributed by atoms with van der Waals surface area (Å²) in [5, 5.41) is 12.5. The van der Waals surface area contributed by atoms with Crippen molar-refractivity contribution in [3.05, 3.63) is 36.0 Å². The van der Waals surface area contributed by atoms with Crippen LogP contribution in [0.15, 0.2) is 30.5 Å². The van der Waals surface area contributed by atoms with Crippen molar-refractivity contribution in [1.82, 2.24) is 20.7 Å². The molecule has 9 heteroatoms. The maximum absolute atomic E-state index is 12.3. The average Bonchev–Trinajstić information content (AvgIpc) is 3.14. The minimum atomic E-state index is -1.51. The molecule has 1 aromatic carbocycles. The number of rotatable bonds is 7. The van der Waals surface area contributed by atoms with Crippen LogP contribution in [0, 0.1) is 0 Å². The quantitative estimate of drug-likeness (QED) is 0.558. The molecule has 9 nitrogen and oxygen atoms in total. The average molecular weight is 346 g/mol. The monoisotopic (exact) mass is 346 g/mol.